The molecule has 1 fully saturated rings. The SMILES string of the molecule is CCS(=O)(=O)c1ccc(Nc2ncc3c(n2)N(C(C)C)C(=O)C32CC2)c(C)c1. The van der Waals surface area contributed by atoms with Crippen LogP contribution in [0.2, 0.25) is 0 Å². The molecule has 1 aliphatic carbocycles. The fraction of sp³-hybridized carbons (Fsp3) is 0.450. The molecule has 1 aliphatic heterocycles. The number of rotatable bonds is 5. The van der Waals surface area contributed by atoms with E-state index < -0.39 is 15.3 Å². The number of sulfone groups is 1. The van der Waals surface area contributed by atoms with Gasteiger partial charge in [-0.25, -0.2) is 13.4 Å². The van der Waals surface area contributed by atoms with Crippen molar-refractivity contribution < 1.29 is 13.2 Å². The first kappa shape index (κ1) is 18.9. The number of amides is 1. The zero-order valence-corrected chi connectivity index (χ0v) is 17.3. The Morgan fingerprint density at radius 3 is 2.57 bits per heavy atom. The normalized spacial score (nSPS) is 17.3. The van der Waals surface area contributed by atoms with Crippen LogP contribution in [0.1, 0.15) is 44.7 Å². The van der Waals surface area contributed by atoms with Crippen LogP contribution in [0, 0.1) is 6.92 Å². The molecule has 7 nitrogen and oxygen atoms in total. The molecule has 1 aromatic carbocycles. The van der Waals surface area contributed by atoms with E-state index in [0.717, 1.165) is 29.7 Å². The molecule has 1 aromatic heterocycles. The van der Waals surface area contributed by atoms with Gasteiger partial charge >= 0.3 is 0 Å². The first-order valence-electron chi connectivity index (χ1n) is 9.51. The number of carbonyl (C=O) groups excluding carboxylic acids is 1. The monoisotopic (exact) mass is 400 g/mol. The second-order valence-electron chi connectivity index (χ2n) is 7.79. The molecule has 0 atom stereocenters. The third-order valence-corrected chi connectivity index (χ3v) is 7.32. The highest BCUT2D eigenvalue weighted by atomic mass is 32.2. The standard InChI is InChI=1S/C20H24N4O3S/c1-5-28(26,27)14-6-7-16(13(4)10-14)22-19-21-11-15-17(23-19)24(12(2)3)18(25)20(15)8-9-20/h6-7,10-12H,5,8-9H2,1-4H3,(H,21,22,23). The Morgan fingerprint density at radius 2 is 2.00 bits per heavy atom. The van der Waals surface area contributed by atoms with Crippen molar-refractivity contribution >= 4 is 33.2 Å². The lowest BCUT2D eigenvalue weighted by Gasteiger charge is -2.21. The van der Waals surface area contributed by atoms with Crippen LogP contribution in [-0.4, -0.2) is 36.1 Å². The van der Waals surface area contributed by atoms with Gasteiger partial charge < -0.3 is 5.32 Å². The van der Waals surface area contributed by atoms with E-state index in [0.29, 0.717) is 16.7 Å². The van der Waals surface area contributed by atoms with E-state index in [2.05, 4.69) is 15.3 Å². The van der Waals surface area contributed by atoms with Gasteiger partial charge in [0.1, 0.15) is 5.82 Å². The molecule has 0 radical (unpaired) electrons. The Hall–Kier alpha value is -2.48. The van der Waals surface area contributed by atoms with Crippen LogP contribution in [0.5, 0.6) is 0 Å². The zero-order chi connectivity index (χ0) is 20.3. The van der Waals surface area contributed by atoms with Gasteiger partial charge in [-0.3, -0.25) is 9.69 Å². The van der Waals surface area contributed by atoms with Crippen molar-refractivity contribution in [2.24, 2.45) is 0 Å². The number of carbonyl (C=O) groups is 1. The van der Waals surface area contributed by atoms with Crippen molar-refractivity contribution in [2.75, 3.05) is 16.0 Å². The summed E-state index contributed by atoms with van der Waals surface area (Å²) in [5, 5.41) is 3.17. The minimum Gasteiger partial charge on any atom is -0.324 e. The fourth-order valence-corrected chi connectivity index (χ4v) is 4.71. The van der Waals surface area contributed by atoms with Gasteiger partial charge in [0.15, 0.2) is 9.84 Å². The van der Waals surface area contributed by atoms with Gasteiger partial charge in [-0.15, -0.1) is 0 Å². The highest BCUT2D eigenvalue weighted by Gasteiger charge is 2.60. The molecule has 1 spiro atoms. The molecule has 1 N–H and O–H groups in total. The second kappa shape index (κ2) is 6.27. The van der Waals surface area contributed by atoms with E-state index in [9.17, 15) is 13.2 Å². The molecule has 148 valence electrons. The Morgan fingerprint density at radius 1 is 1.29 bits per heavy atom. The summed E-state index contributed by atoms with van der Waals surface area (Å²) >= 11 is 0. The highest BCUT2D eigenvalue weighted by Crippen LogP contribution is 2.57. The van der Waals surface area contributed by atoms with E-state index >= 15 is 0 Å². The summed E-state index contributed by atoms with van der Waals surface area (Å²) < 4.78 is 24.1. The number of nitrogens with zero attached hydrogens (tertiary/aromatic N) is 3. The van der Waals surface area contributed by atoms with E-state index in [1.54, 1.807) is 36.2 Å². The number of benzene rings is 1. The van der Waals surface area contributed by atoms with Gasteiger partial charge in [0.2, 0.25) is 11.9 Å². The minimum absolute atomic E-state index is 0.0224. The van der Waals surface area contributed by atoms with Crippen LogP contribution in [0.4, 0.5) is 17.5 Å². The third-order valence-electron chi connectivity index (χ3n) is 5.59. The maximum absolute atomic E-state index is 12.9. The molecule has 2 aliphatic rings. The molecular weight excluding hydrogens is 376 g/mol. The van der Waals surface area contributed by atoms with Crippen LogP contribution in [-0.2, 0) is 20.0 Å². The van der Waals surface area contributed by atoms with E-state index in [-0.39, 0.29) is 17.7 Å². The maximum Gasteiger partial charge on any atom is 0.239 e. The lowest BCUT2D eigenvalue weighted by atomic mass is 10.0. The summed E-state index contributed by atoms with van der Waals surface area (Å²) in [6.07, 6.45) is 3.46. The Balaban J connectivity index is 1.67. The largest absolute Gasteiger partial charge is 0.324 e. The summed E-state index contributed by atoms with van der Waals surface area (Å²) in [5.74, 6) is 1.25. The summed E-state index contributed by atoms with van der Waals surface area (Å²) in [7, 11) is -3.25. The third kappa shape index (κ3) is 2.78. The van der Waals surface area contributed by atoms with Crippen molar-refractivity contribution in [2.45, 2.75) is 56.9 Å². The zero-order valence-electron chi connectivity index (χ0n) is 16.5. The molecule has 0 bridgehead atoms. The summed E-state index contributed by atoms with van der Waals surface area (Å²) in [4.78, 5) is 24.0. The second-order valence-corrected chi connectivity index (χ2v) is 10.1. The first-order valence-corrected chi connectivity index (χ1v) is 11.2. The van der Waals surface area contributed by atoms with Crippen molar-refractivity contribution in [3.8, 4) is 0 Å². The number of hydrogen-bond donors (Lipinski definition) is 1. The Labute approximate surface area is 165 Å². The smallest absolute Gasteiger partial charge is 0.239 e. The molecule has 4 rings (SSSR count). The van der Waals surface area contributed by atoms with Crippen molar-refractivity contribution in [3.05, 3.63) is 35.5 Å². The van der Waals surface area contributed by atoms with Gasteiger partial charge in [-0.05, 0) is 57.4 Å². The molecule has 28 heavy (non-hydrogen) atoms. The number of anilines is 3. The van der Waals surface area contributed by atoms with Gasteiger partial charge in [-0.2, -0.15) is 4.98 Å². The lowest BCUT2D eigenvalue weighted by Crippen LogP contribution is -2.37. The van der Waals surface area contributed by atoms with Gasteiger partial charge in [-0.1, -0.05) is 6.92 Å². The molecule has 8 heteroatoms. The summed E-state index contributed by atoms with van der Waals surface area (Å²) in [6, 6.07) is 4.99. The number of aryl methyl sites for hydroxylation is 1. The summed E-state index contributed by atoms with van der Waals surface area (Å²) in [5.41, 5.74) is 2.02. The number of hydrogen-bond acceptors (Lipinski definition) is 6. The van der Waals surface area contributed by atoms with Crippen molar-refractivity contribution in [3.63, 3.8) is 0 Å². The Kier molecular flexibility index (Phi) is 4.22. The van der Waals surface area contributed by atoms with Gasteiger partial charge in [0.05, 0.1) is 16.1 Å². The average Bonchev–Trinajstić information content (AvgIpc) is 3.40. The molecule has 0 unspecified atom stereocenters. The predicted octanol–water partition coefficient (Wildman–Crippen LogP) is 3.11. The van der Waals surface area contributed by atoms with E-state index in [1.165, 1.54) is 0 Å². The van der Waals surface area contributed by atoms with Crippen molar-refractivity contribution in [1.29, 1.82) is 0 Å². The van der Waals surface area contributed by atoms with Crippen molar-refractivity contribution in [1.82, 2.24) is 9.97 Å². The van der Waals surface area contributed by atoms with E-state index in [4.69, 9.17) is 0 Å². The Bertz CT molecular complexity index is 1070. The summed E-state index contributed by atoms with van der Waals surface area (Å²) in [6.45, 7) is 7.43. The average molecular weight is 401 g/mol. The number of nitrogens with one attached hydrogen (secondary N) is 1. The molecule has 2 heterocycles. The highest BCUT2D eigenvalue weighted by molar-refractivity contribution is 7.91. The van der Waals surface area contributed by atoms with E-state index in [1.807, 2.05) is 20.8 Å². The van der Waals surface area contributed by atoms with Gasteiger partial charge in [0.25, 0.3) is 0 Å². The number of fused-ring (bicyclic) bond motifs is 2. The predicted molar refractivity (Wildman–Crippen MR) is 108 cm³/mol. The van der Waals surface area contributed by atoms with Crippen LogP contribution in [0.3, 0.4) is 0 Å². The quantitative estimate of drug-likeness (QED) is 0.829. The molecule has 2 aromatic rings. The molecule has 0 saturated heterocycles. The number of aromatic nitrogens is 2. The molecule has 1 amide bonds. The van der Waals surface area contributed by atoms with Crippen LogP contribution >= 0.6 is 0 Å². The lowest BCUT2D eigenvalue weighted by molar-refractivity contribution is -0.120. The van der Waals surface area contributed by atoms with Crippen LogP contribution in [0.25, 0.3) is 0 Å². The topological polar surface area (TPSA) is 92.3 Å². The molecule has 1 saturated carbocycles. The molecular formula is C20H24N4O3S. The first-order chi connectivity index (χ1) is 13.2. The fourth-order valence-electron chi connectivity index (χ4n) is 3.74. The maximum atomic E-state index is 12.9. The minimum atomic E-state index is -3.25. The van der Waals surface area contributed by atoms with Gasteiger partial charge in [0, 0.05) is 23.5 Å². The van der Waals surface area contributed by atoms with Crippen LogP contribution < -0.4 is 10.2 Å². The van der Waals surface area contributed by atoms with Crippen LogP contribution in [0.15, 0.2) is 29.3 Å².